The van der Waals surface area contributed by atoms with Gasteiger partial charge in [-0.2, -0.15) is 0 Å². The highest BCUT2D eigenvalue weighted by Crippen LogP contribution is 2.26. The Labute approximate surface area is 121 Å². The van der Waals surface area contributed by atoms with Gasteiger partial charge in [0.25, 0.3) is 0 Å². The van der Waals surface area contributed by atoms with Crippen molar-refractivity contribution in [3.8, 4) is 0 Å². The molecular weight excluding hydrogens is 248 g/mol. The molecule has 0 bridgehead atoms. The molecule has 2 rings (SSSR count). The molecule has 108 valence electrons. The van der Waals surface area contributed by atoms with Crippen molar-refractivity contribution in [1.29, 1.82) is 0 Å². The first-order valence-electron chi connectivity index (χ1n) is 7.40. The lowest BCUT2D eigenvalue weighted by molar-refractivity contribution is -0.134. The second kappa shape index (κ2) is 7.25. The van der Waals surface area contributed by atoms with Gasteiger partial charge in [-0.3, -0.25) is 4.79 Å². The number of hydrogen-bond acceptors (Lipinski definition) is 2. The third kappa shape index (κ3) is 3.94. The van der Waals surface area contributed by atoms with E-state index in [0.29, 0.717) is 6.54 Å². The molecule has 0 unspecified atom stereocenters. The van der Waals surface area contributed by atoms with Gasteiger partial charge >= 0.3 is 0 Å². The molecule has 1 aromatic carbocycles. The number of carbonyl (C=O) groups is 1. The highest BCUT2D eigenvalue weighted by molar-refractivity contribution is 5.79. The Morgan fingerprint density at radius 3 is 2.70 bits per heavy atom. The molecule has 0 aliphatic heterocycles. The van der Waals surface area contributed by atoms with Crippen molar-refractivity contribution in [1.82, 2.24) is 4.90 Å². The smallest absolute Gasteiger partial charge is 0.226 e. The summed E-state index contributed by atoms with van der Waals surface area (Å²) in [6.45, 7) is 5.13. The first-order chi connectivity index (χ1) is 9.70. The standard InChI is InChI=1S/C17H24N2O/c1-2-11-19(12-10-14-6-4-3-5-7-14)17(20)15-8-9-16(18)13-15/h2-7,15-16H,1,8-13,18H2/t15-,16-/m0/s1. The van der Waals surface area contributed by atoms with Crippen molar-refractivity contribution in [3.63, 3.8) is 0 Å². The van der Waals surface area contributed by atoms with E-state index in [1.807, 2.05) is 23.1 Å². The molecule has 0 spiro atoms. The molecule has 3 heteroatoms. The van der Waals surface area contributed by atoms with Crippen LogP contribution in [0.5, 0.6) is 0 Å². The topological polar surface area (TPSA) is 46.3 Å². The number of carbonyl (C=O) groups excluding carboxylic acids is 1. The lowest BCUT2D eigenvalue weighted by atomic mass is 10.1. The molecule has 1 saturated carbocycles. The summed E-state index contributed by atoms with van der Waals surface area (Å²) in [7, 11) is 0. The number of hydrogen-bond donors (Lipinski definition) is 1. The van der Waals surface area contributed by atoms with Gasteiger partial charge in [0, 0.05) is 25.0 Å². The number of nitrogens with zero attached hydrogens (tertiary/aromatic N) is 1. The summed E-state index contributed by atoms with van der Waals surface area (Å²) < 4.78 is 0. The van der Waals surface area contributed by atoms with Crippen LogP contribution in [0, 0.1) is 5.92 Å². The summed E-state index contributed by atoms with van der Waals surface area (Å²) in [4.78, 5) is 14.4. The number of benzene rings is 1. The van der Waals surface area contributed by atoms with Crippen LogP contribution < -0.4 is 5.73 Å². The van der Waals surface area contributed by atoms with Gasteiger partial charge in [-0.25, -0.2) is 0 Å². The average Bonchev–Trinajstić information content (AvgIpc) is 2.90. The van der Waals surface area contributed by atoms with E-state index in [1.165, 1.54) is 5.56 Å². The summed E-state index contributed by atoms with van der Waals surface area (Å²) >= 11 is 0. The quantitative estimate of drug-likeness (QED) is 0.808. The highest BCUT2D eigenvalue weighted by atomic mass is 16.2. The summed E-state index contributed by atoms with van der Waals surface area (Å²) in [6.07, 6.45) is 5.42. The lowest BCUT2D eigenvalue weighted by Crippen LogP contribution is -2.37. The third-order valence-electron chi connectivity index (χ3n) is 4.00. The van der Waals surface area contributed by atoms with Gasteiger partial charge in [0.15, 0.2) is 0 Å². The van der Waals surface area contributed by atoms with Gasteiger partial charge in [0.2, 0.25) is 5.91 Å². The average molecular weight is 272 g/mol. The second-order valence-corrected chi connectivity index (χ2v) is 5.58. The fourth-order valence-corrected chi connectivity index (χ4v) is 2.85. The Balaban J connectivity index is 1.92. The van der Waals surface area contributed by atoms with Crippen molar-refractivity contribution in [2.75, 3.05) is 13.1 Å². The summed E-state index contributed by atoms with van der Waals surface area (Å²) in [5, 5.41) is 0. The highest BCUT2D eigenvalue weighted by Gasteiger charge is 2.30. The van der Waals surface area contributed by atoms with Crippen LogP contribution >= 0.6 is 0 Å². The minimum Gasteiger partial charge on any atom is -0.338 e. The van der Waals surface area contributed by atoms with Crippen molar-refractivity contribution < 1.29 is 4.79 Å². The maximum Gasteiger partial charge on any atom is 0.226 e. The molecule has 3 nitrogen and oxygen atoms in total. The molecular formula is C17H24N2O. The first kappa shape index (κ1) is 14.8. The van der Waals surface area contributed by atoms with Crippen LogP contribution in [0.3, 0.4) is 0 Å². The van der Waals surface area contributed by atoms with Crippen LogP contribution in [-0.2, 0) is 11.2 Å². The van der Waals surface area contributed by atoms with Crippen molar-refractivity contribution in [3.05, 3.63) is 48.6 Å². The van der Waals surface area contributed by atoms with E-state index in [2.05, 4.69) is 18.7 Å². The Kier molecular flexibility index (Phi) is 5.36. The van der Waals surface area contributed by atoms with Gasteiger partial charge in [-0.15, -0.1) is 6.58 Å². The SMILES string of the molecule is C=CCN(CCc1ccccc1)C(=O)[C@H]1CC[C@H](N)C1. The molecule has 1 fully saturated rings. The number of nitrogens with two attached hydrogens (primary N) is 1. The minimum absolute atomic E-state index is 0.112. The van der Waals surface area contributed by atoms with Gasteiger partial charge in [-0.1, -0.05) is 36.4 Å². The van der Waals surface area contributed by atoms with E-state index >= 15 is 0 Å². The molecule has 2 atom stereocenters. The molecule has 1 aromatic rings. The van der Waals surface area contributed by atoms with Gasteiger partial charge in [0.1, 0.15) is 0 Å². The summed E-state index contributed by atoms with van der Waals surface area (Å²) in [5.41, 5.74) is 7.17. The number of amides is 1. The molecule has 1 aliphatic rings. The number of rotatable bonds is 6. The van der Waals surface area contributed by atoms with Crippen LogP contribution in [0.4, 0.5) is 0 Å². The largest absolute Gasteiger partial charge is 0.338 e. The molecule has 20 heavy (non-hydrogen) atoms. The van der Waals surface area contributed by atoms with Crippen LogP contribution in [0.2, 0.25) is 0 Å². The maximum absolute atomic E-state index is 12.5. The monoisotopic (exact) mass is 272 g/mol. The Bertz CT molecular complexity index is 444. The Morgan fingerprint density at radius 2 is 2.10 bits per heavy atom. The van der Waals surface area contributed by atoms with E-state index in [9.17, 15) is 4.79 Å². The molecule has 0 heterocycles. The zero-order valence-corrected chi connectivity index (χ0v) is 12.0. The molecule has 0 radical (unpaired) electrons. The van der Waals surface area contributed by atoms with Crippen molar-refractivity contribution in [2.24, 2.45) is 11.7 Å². The lowest BCUT2D eigenvalue weighted by Gasteiger charge is -2.24. The fraction of sp³-hybridized carbons (Fsp3) is 0.471. The molecule has 0 aromatic heterocycles. The Hall–Kier alpha value is -1.61. The van der Waals surface area contributed by atoms with Gasteiger partial charge < -0.3 is 10.6 Å². The molecule has 0 saturated heterocycles. The fourth-order valence-electron chi connectivity index (χ4n) is 2.85. The van der Waals surface area contributed by atoms with E-state index in [0.717, 1.165) is 32.2 Å². The van der Waals surface area contributed by atoms with E-state index in [1.54, 1.807) is 6.08 Å². The van der Waals surface area contributed by atoms with Crippen LogP contribution in [-0.4, -0.2) is 29.9 Å². The van der Waals surface area contributed by atoms with Crippen molar-refractivity contribution in [2.45, 2.75) is 31.7 Å². The van der Waals surface area contributed by atoms with E-state index < -0.39 is 0 Å². The van der Waals surface area contributed by atoms with Crippen LogP contribution in [0.15, 0.2) is 43.0 Å². The summed E-state index contributed by atoms with van der Waals surface area (Å²) in [6, 6.07) is 10.5. The maximum atomic E-state index is 12.5. The molecule has 1 aliphatic carbocycles. The third-order valence-corrected chi connectivity index (χ3v) is 4.00. The van der Waals surface area contributed by atoms with Crippen LogP contribution in [0.1, 0.15) is 24.8 Å². The van der Waals surface area contributed by atoms with Gasteiger partial charge in [0.05, 0.1) is 0 Å². The summed E-state index contributed by atoms with van der Waals surface area (Å²) in [5.74, 6) is 0.356. The second-order valence-electron chi connectivity index (χ2n) is 5.58. The first-order valence-corrected chi connectivity index (χ1v) is 7.40. The zero-order valence-electron chi connectivity index (χ0n) is 12.0. The predicted octanol–water partition coefficient (Wildman–Crippen LogP) is 2.37. The van der Waals surface area contributed by atoms with Gasteiger partial charge in [-0.05, 0) is 31.2 Å². The van der Waals surface area contributed by atoms with E-state index in [4.69, 9.17) is 5.73 Å². The van der Waals surface area contributed by atoms with Crippen molar-refractivity contribution >= 4 is 5.91 Å². The predicted molar refractivity (Wildman–Crippen MR) is 82.2 cm³/mol. The van der Waals surface area contributed by atoms with Crippen LogP contribution in [0.25, 0.3) is 0 Å². The Morgan fingerprint density at radius 1 is 1.35 bits per heavy atom. The zero-order chi connectivity index (χ0) is 14.4. The molecule has 2 N–H and O–H groups in total. The minimum atomic E-state index is 0.112. The van der Waals surface area contributed by atoms with E-state index in [-0.39, 0.29) is 17.9 Å². The molecule has 1 amide bonds. The normalized spacial score (nSPS) is 21.6.